The number of hydrazone groups is 1. The maximum absolute atomic E-state index is 12.2. The number of nitrogens with zero attached hydrogens (tertiary/aromatic N) is 3. The van der Waals surface area contributed by atoms with Gasteiger partial charge >= 0.3 is 0 Å². The molecule has 1 N–H and O–H groups in total. The van der Waals surface area contributed by atoms with Gasteiger partial charge in [-0.05, 0) is 50.9 Å². The van der Waals surface area contributed by atoms with Gasteiger partial charge in [-0.2, -0.15) is 10.2 Å². The molecule has 1 amide bonds. The standard InChI is InChI=1S/C14H12Br2N4O3/c1-7-12(16)13(20(2)19-7)14(21)18-17-5-8-3-10-11(4-9(8)15)23-6-22-10/h3-5H,6H2,1-2H3,(H,18,21)/b17-5+. The maximum Gasteiger partial charge on any atom is 0.290 e. The molecule has 0 bridgehead atoms. The van der Waals surface area contributed by atoms with E-state index in [-0.39, 0.29) is 12.7 Å². The second-order valence-corrected chi connectivity index (χ2v) is 6.45. The highest BCUT2D eigenvalue weighted by Crippen LogP contribution is 2.36. The molecule has 0 fully saturated rings. The molecule has 2 heterocycles. The van der Waals surface area contributed by atoms with Gasteiger partial charge in [0.1, 0.15) is 5.69 Å². The molecule has 1 aliphatic heterocycles. The summed E-state index contributed by atoms with van der Waals surface area (Å²) in [6.45, 7) is 2.01. The van der Waals surface area contributed by atoms with Crippen LogP contribution < -0.4 is 14.9 Å². The third-order valence-electron chi connectivity index (χ3n) is 3.23. The number of carbonyl (C=O) groups is 1. The Hall–Kier alpha value is -1.87. The lowest BCUT2D eigenvalue weighted by atomic mass is 10.2. The molecule has 0 radical (unpaired) electrons. The van der Waals surface area contributed by atoms with Gasteiger partial charge in [-0.1, -0.05) is 0 Å². The van der Waals surface area contributed by atoms with Crippen LogP contribution in [0.4, 0.5) is 0 Å². The summed E-state index contributed by atoms with van der Waals surface area (Å²) in [6, 6.07) is 3.58. The minimum absolute atomic E-state index is 0.201. The number of hydrogen-bond donors (Lipinski definition) is 1. The van der Waals surface area contributed by atoms with Crippen molar-refractivity contribution < 1.29 is 14.3 Å². The van der Waals surface area contributed by atoms with Crippen LogP contribution in [0.3, 0.4) is 0 Å². The number of aryl methyl sites for hydroxylation is 2. The van der Waals surface area contributed by atoms with Crippen LogP contribution in [0.25, 0.3) is 0 Å². The maximum atomic E-state index is 12.2. The third kappa shape index (κ3) is 3.11. The predicted molar refractivity (Wildman–Crippen MR) is 91.0 cm³/mol. The second kappa shape index (κ2) is 6.32. The van der Waals surface area contributed by atoms with Crippen LogP contribution in [0.1, 0.15) is 21.7 Å². The molecule has 3 rings (SSSR count). The summed E-state index contributed by atoms with van der Waals surface area (Å²) in [5.74, 6) is 0.964. The molecule has 120 valence electrons. The smallest absolute Gasteiger partial charge is 0.290 e. The van der Waals surface area contributed by atoms with Crippen molar-refractivity contribution in [3.8, 4) is 11.5 Å². The lowest BCUT2D eigenvalue weighted by Crippen LogP contribution is -2.21. The summed E-state index contributed by atoms with van der Waals surface area (Å²) in [4.78, 5) is 12.2. The van der Waals surface area contributed by atoms with Crippen molar-refractivity contribution in [1.82, 2.24) is 15.2 Å². The molecular formula is C14H12Br2N4O3. The van der Waals surface area contributed by atoms with E-state index in [4.69, 9.17) is 9.47 Å². The van der Waals surface area contributed by atoms with Crippen LogP contribution >= 0.6 is 31.9 Å². The first-order chi connectivity index (χ1) is 11.0. The average molecular weight is 444 g/mol. The number of ether oxygens (including phenoxy) is 2. The number of benzene rings is 1. The molecule has 0 saturated heterocycles. The largest absolute Gasteiger partial charge is 0.454 e. The van der Waals surface area contributed by atoms with Crippen LogP contribution in [0.5, 0.6) is 11.5 Å². The lowest BCUT2D eigenvalue weighted by molar-refractivity contribution is 0.0945. The van der Waals surface area contributed by atoms with E-state index in [0.29, 0.717) is 21.7 Å². The van der Waals surface area contributed by atoms with E-state index < -0.39 is 0 Å². The Morgan fingerprint density at radius 1 is 1.39 bits per heavy atom. The minimum atomic E-state index is -0.354. The Balaban J connectivity index is 1.75. The number of aromatic nitrogens is 2. The van der Waals surface area contributed by atoms with Crippen molar-refractivity contribution >= 4 is 44.0 Å². The van der Waals surface area contributed by atoms with E-state index in [1.54, 1.807) is 19.2 Å². The molecule has 0 saturated carbocycles. The van der Waals surface area contributed by atoms with Crippen molar-refractivity contribution in [2.75, 3.05) is 6.79 Å². The quantitative estimate of drug-likeness (QED) is 0.584. The van der Waals surface area contributed by atoms with Crippen molar-refractivity contribution in [3.05, 3.63) is 38.0 Å². The molecule has 7 nitrogen and oxygen atoms in total. The Morgan fingerprint density at radius 3 is 2.74 bits per heavy atom. The van der Waals surface area contributed by atoms with E-state index in [9.17, 15) is 4.79 Å². The lowest BCUT2D eigenvalue weighted by Gasteiger charge is -2.03. The highest BCUT2D eigenvalue weighted by atomic mass is 79.9. The summed E-state index contributed by atoms with van der Waals surface area (Å²) in [5, 5.41) is 8.15. The number of nitrogens with one attached hydrogen (secondary N) is 1. The Morgan fingerprint density at radius 2 is 2.09 bits per heavy atom. The van der Waals surface area contributed by atoms with Gasteiger partial charge in [0.15, 0.2) is 11.5 Å². The van der Waals surface area contributed by atoms with Gasteiger partial charge in [0.25, 0.3) is 5.91 Å². The SMILES string of the molecule is Cc1nn(C)c(C(=O)N/N=C/c2cc3c(cc2Br)OCO3)c1Br. The van der Waals surface area contributed by atoms with Crippen molar-refractivity contribution in [2.24, 2.45) is 12.1 Å². The van der Waals surface area contributed by atoms with Gasteiger partial charge in [0.2, 0.25) is 6.79 Å². The molecule has 1 aliphatic rings. The summed E-state index contributed by atoms with van der Waals surface area (Å²) in [6.07, 6.45) is 1.53. The molecular weight excluding hydrogens is 432 g/mol. The van der Waals surface area contributed by atoms with Gasteiger partial charge in [-0.15, -0.1) is 0 Å². The topological polar surface area (TPSA) is 77.7 Å². The van der Waals surface area contributed by atoms with E-state index in [0.717, 1.165) is 15.7 Å². The highest BCUT2D eigenvalue weighted by Gasteiger charge is 2.18. The zero-order valence-corrected chi connectivity index (χ0v) is 15.4. The average Bonchev–Trinajstić information content (AvgIpc) is 3.03. The zero-order chi connectivity index (χ0) is 16.6. The number of hydrogen-bond acceptors (Lipinski definition) is 5. The molecule has 1 aromatic carbocycles. The van der Waals surface area contributed by atoms with E-state index in [1.807, 2.05) is 6.92 Å². The predicted octanol–water partition coefficient (Wildman–Crippen LogP) is 2.75. The summed E-state index contributed by atoms with van der Waals surface area (Å²) in [7, 11) is 1.70. The van der Waals surface area contributed by atoms with Crippen LogP contribution in [-0.4, -0.2) is 28.7 Å². The van der Waals surface area contributed by atoms with E-state index in [2.05, 4.69) is 47.5 Å². The fraction of sp³-hybridized carbons (Fsp3) is 0.214. The monoisotopic (exact) mass is 442 g/mol. The number of carbonyl (C=O) groups excluding carboxylic acids is 1. The highest BCUT2D eigenvalue weighted by molar-refractivity contribution is 9.10. The van der Waals surface area contributed by atoms with Gasteiger partial charge in [-0.3, -0.25) is 9.48 Å². The van der Waals surface area contributed by atoms with Crippen LogP contribution in [0.2, 0.25) is 0 Å². The van der Waals surface area contributed by atoms with Gasteiger partial charge in [0, 0.05) is 17.1 Å². The van der Waals surface area contributed by atoms with Crippen LogP contribution in [0.15, 0.2) is 26.2 Å². The molecule has 23 heavy (non-hydrogen) atoms. The van der Waals surface area contributed by atoms with Crippen LogP contribution in [0, 0.1) is 6.92 Å². The van der Waals surface area contributed by atoms with Crippen molar-refractivity contribution in [2.45, 2.75) is 6.92 Å². The van der Waals surface area contributed by atoms with Crippen LogP contribution in [-0.2, 0) is 7.05 Å². The van der Waals surface area contributed by atoms with Gasteiger partial charge < -0.3 is 9.47 Å². The Kier molecular flexibility index (Phi) is 4.40. The number of halogens is 2. The summed E-state index contributed by atoms with van der Waals surface area (Å²) < 4.78 is 13.5. The molecule has 0 atom stereocenters. The first-order valence-corrected chi connectivity index (χ1v) is 8.17. The fourth-order valence-electron chi connectivity index (χ4n) is 2.12. The van der Waals surface area contributed by atoms with Gasteiger partial charge in [-0.25, -0.2) is 5.43 Å². The van der Waals surface area contributed by atoms with E-state index >= 15 is 0 Å². The summed E-state index contributed by atoms with van der Waals surface area (Å²) >= 11 is 6.78. The number of amides is 1. The number of rotatable bonds is 3. The molecule has 1 aromatic heterocycles. The molecule has 0 aliphatic carbocycles. The zero-order valence-electron chi connectivity index (χ0n) is 12.3. The van der Waals surface area contributed by atoms with Crippen molar-refractivity contribution in [3.63, 3.8) is 0 Å². The first-order valence-electron chi connectivity index (χ1n) is 6.59. The Bertz CT molecular complexity index is 817. The molecule has 0 spiro atoms. The first kappa shape index (κ1) is 16.0. The molecule has 0 unspecified atom stereocenters. The second-order valence-electron chi connectivity index (χ2n) is 4.80. The Labute approximate surface area is 148 Å². The fourth-order valence-corrected chi connectivity index (χ4v) is 3.06. The van der Waals surface area contributed by atoms with Gasteiger partial charge in [0.05, 0.1) is 16.4 Å². The molecule has 2 aromatic rings. The minimum Gasteiger partial charge on any atom is -0.454 e. The van der Waals surface area contributed by atoms with Crippen molar-refractivity contribution in [1.29, 1.82) is 0 Å². The van der Waals surface area contributed by atoms with E-state index in [1.165, 1.54) is 10.9 Å². The normalized spacial score (nSPS) is 12.9. The third-order valence-corrected chi connectivity index (χ3v) is 4.86. The summed E-state index contributed by atoms with van der Waals surface area (Å²) in [5.41, 5.74) is 4.39. The molecule has 9 heteroatoms. The number of fused-ring (bicyclic) bond motifs is 1.